The molecule has 0 atom stereocenters. The molecule has 0 N–H and O–H groups in total. The Bertz CT molecular complexity index is 1100. The van der Waals surface area contributed by atoms with Crippen molar-refractivity contribution in [3.8, 4) is 0 Å². The number of thiophene rings is 1. The number of rotatable bonds is 3. The number of carbonyl (C=O) groups is 1. The SMILES string of the molecule is Cc1ccc(C(=O)N2CCN(S(=O)(=O)c3ccc4ccccc4c3)CC2)s1. The lowest BCUT2D eigenvalue weighted by Crippen LogP contribution is -2.50. The van der Waals surface area contributed by atoms with Crippen molar-refractivity contribution in [2.24, 2.45) is 0 Å². The zero-order valence-electron chi connectivity index (χ0n) is 15.0. The van der Waals surface area contributed by atoms with Crippen molar-refractivity contribution in [2.45, 2.75) is 11.8 Å². The summed E-state index contributed by atoms with van der Waals surface area (Å²) in [5.74, 6) is -0.0177. The summed E-state index contributed by atoms with van der Waals surface area (Å²) in [6.45, 7) is 3.40. The zero-order chi connectivity index (χ0) is 19.0. The highest BCUT2D eigenvalue weighted by molar-refractivity contribution is 7.89. The highest BCUT2D eigenvalue weighted by Gasteiger charge is 2.30. The normalized spacial score (nSPS) is 16.0. The Kier molecular flexibility index (Phi) is 4.75. The molecule has 0 aliphatic carbocycles. The number of hydrogen-bond donors (Lipinski definition) is 0. The van der Waals surface area contributed by atoms with Crippen LogP contribution in [-0.2, 0) is 10.0 Å². The molecule has 1 aromatic heterocycles. The number of aryl methyl sites for hydroxylation is 1. The molecule has 1 aliphatic heterocycles. The molecule has 4 rings (SSSR count). The van der Waals surface area contributed by atoms with E-state index >= 15 is 0 Å². The van der Waals surface area contributed by atoms with Crippen molar-refractivity contribution < 1.29 is 13.2 Å². The van der Waals surface area contributed by atoms with E-state index in [1.165, 1.54) is 15.6 Å². The van der Waals surface area contributed by atoms with Crippen molar-refractivity contribution >= 4 is 38.0 Å². The molecule has 1 aliphatic rings. The Morgan fingerprint density at radius 2 is 1.63 bits per heavy atom. The molecule has 140 valence electrons. The number of sulfonamides is 1. The maximum Gasteiger partial charge on any atom is 0.264 e. The number of amides is 1. The first-order valence-corrected chi connectivity index (χ1v) is 11.1. The number of fused-ring (bicyclic) bond motifs is 1. The van der Waals surface area contributed by atoms with E-state index in [9.17, 15) is 13.2 Å². The Balaban J connectivity index is 1.50. The molecule has 1 amide bonds. The number of benzene rings is 2. The smallest absolute Gasteiger partial charge is 0.264 e. The molecule has 5 nitrogen and oxygen atoms in total. The lowest BCUT2D eigenvalue weighted by atomic mass is 10.1. The van der Waals surface area contributed by atoms with Crippen LogP contribution in [-0.4, -0.2) is 49.7 Å². The monoisotopic (exact) mass is 400 g/mol. The fraction of sp³-hybridized carbons (Fsp3) is 0.250. The Morgan fingerprint density at radius 3 is 2.30 bits per heavy atom. The summed E-state index contributed by atoms with van der Waals surface area (Å²) in [6, 6.07) is 16.7. The summed E-state index contributed by atoms with van der Waals surface area (Å²) < 4.78 is 27.5. The van der Waals surface area contributed by atoms with Gasteiger partial charge in [0.25, 0.3) is 5.91 Å². The molecule has 0 bridgehead atoms. The second-order valence-electron chi connectivity index (χ2n) is 6.62. The van der Waals surface area contributed by atoms with Crippen LogP contribution in [0.4, 0.5) is 0 Å². The van der Waals surface area contributed by atoms with Crippen LogP contribution < -0.4 is 0 Å². The third-order valence-corrected chi connectivity index (χ3v) is 7.72. The number of piperazine rings is 1. The van der Waals surface area contributed by atoms with E-state index in [2.05, 4.69) is 0 Å². The van der Waals surface area contributed by atoms with Gasteiger partial charge >= 0.3 is 0 Å². The summed E-state index contributed by atoms with van der Waals surface area (Å²) in [6.07, 6.45) is 0. The first kappa shape index (κ1) is 18.2. The minimum absolute atomic E-state index is 0.0177. The largest absolute Gasteiger partial charge is 0.335 e. The molecule has 0 radical (unpaired) electrons. The van der Waals surface area contributed by atoms with Crippen molar-refractivity contribution in [1.29, 1.82) is 0 Å². The molecule has 7 heteroatoms. The minimum atomic E-state index is -3.57. The van der Waals surface area contributed by atoms with E-state index in [1.54, 1.807) is 17.0 Å². The summed E-state index contributed by atoms with van der Waals surface area (Å²) in [5.41, 5.74) is 0. The van der Waals surface area contributed by atoms with Crippen LogP contribution in [0.5, 0.6) is 0 Å². The molecule has 0 unspecified atom stereocenters. The first-order chi connectivity index (χ1) is 12.9. The Labute approximate surface area is 162 Å². The predicted octanol–water partition coefficient (Wildman–Crippen LogP) is 3.36. The van der Waals surface area contributed by atoms with Gasteiger partial charge < -0.3 is 4.90 Å². The minimum Gasteiger partial charge on any atom is -0.335 e. The van der Waals surface area contributed by atoms with Gasteiger partial charge in [0.05, 0.1) is 9.77 Å². The molecule has 27 heavy (non-hydrogen) atoms. The van der Waals surface area contributed by atoms with Crippen LogP contribution in [0, 0.1) is 6.92 Å². The average molecular weight is 401 g/mol. The highest BCUT2D eigenvalue weighted by atomic mass is 32.2. The molecule has 0 spiro atoms. The summed E-state index contributed by atoms with van der Waals surface area (Å²) in [4.78, 5) is 16.4. The van der Waals surface area contributed by atoms with Crippen LogP contribution in [0.2, 0.25) is 0 Å². The van der Waals surface area contributed by atoms with Gasteiger partial charge in [0.1, 0.15) is 0 Å². The van der Waals surface area contributed by atoms with Gasteiger partial charge in [-0.3, -0.25) is 4.79 Å². The summed E-state index contributed by atoms with van der Waals surface area (Å²) in [5, 5.41) is 1.92. The van der Waals surface area contributed by atoms with Crippen LogP contribution >= 0.6 is 11.3 Å². The Morgan fingerprint density at radius 1 is 0.926 bits per heavy atom. The van der Waals surface area contributed by atoms with Crippen LogP contribution in [0.15, 0.2) is 59.5 Å². The van der Waals surface area contributed by atoms with Crippen LogP contribution in [0.1, 0.15) is 14.5 Å². The molecule has 2 heterocycles. The molecule has 1 saturated heterocycles. The van der Waals surface area contributed by atoms with Gasteiger partial charge in [-0.2, -0.15) is 4.31 Å². The maximum absolute atomic E-state index is 13.0. The second kappa shape index (κ2) is 7.07. The molecular weight excluding hydrogens is 380 g/mol. The van der Waals surface area contributed by atoms with Crippen molar-refractivity contribution in [2.75, 3.05) is 26.2 Å². The number of carbonyl (C=O) groups excluding carboxylic acids is 1. The fourth-order valence-electron chi connectivity index (χ4n) is 3.31. The van der Waals surface area contributed by atoms with Gasteiger partial charge in [-0.1, -0.05) is 30.3 Å². The van der Waals surface area contributed by atoms with Crippen molar-refractivity contribution in [3.05, 3.63) is 64.4 Å². The van der Waals surface area contributed by atoms with Gasteiger partial charge in [-0.25, -0.2) is 8.42 Å². The van der Waals surface area contributed by atoms with E-state index in [-0.39, 0.29) is 5.91 Å². The van der Waals surface area contributed by atoms with Gasteiger partial charge in [-0.15, -0.1) is 11.3 Å². The van der Waals surface area contributed by atoms with Gasteiger partial charge in [0, 0.05) is 31.1 Å². The Hall–Kier alpha value is -2.22. The number of nitrogens with zero attached hydrogens (tertiary/aromatic N) is 2. The highest BCUT2D eigenvalue weighted by Crippen LogP contribution is 2.24. The van der Waals surface area contributed by atoms with Gasteiger partial charge in [-0.05, 0) is 42.0 Å². The second-order valence-corrected chi connectivity index (χ2v) is 9.84. The third kappa shape index (κ3) is 3.50. The standard InChI is InChI=1S/C20H20N2O3S2/c1-15-6-9-19(26-15)20(23)21-10-12-22(13-11-21)27(24,25)18-8-7-16-4-2-3-5-17(16)14-18/h2-9,14H,10-13H2,1H3. The van der Waals surface area contributed by atoms with Crippen LogP contribution in [0.3, 0.4) is 0 Å². The third-order valence-electron chi connectivity index (χ3n) is 4.84. The summed E-state index contributed by atoms with van der Waals surface area (Å²) in [7, 11) is -3.57. The number of hydrogen-bond acceptors (Lipinski definition) is 4. The van der Waals surface area contributed by atoms with Crippen LogP contribution in [0.25, 0.3) is 10.8 Å². The molecule has 0 saturated carbocycles. The maximum atomic E-state index is 13.0. The molecule has 3 aromatic rings. The fourth-order valence-corrected chi connectivity index (χ4v) is 5.61. The average Bonchev–Trinajstić information content (AvgIpc) is 3.13. The molecular formula is C20H20N2O3S2. The van der Waals surface area contributed by atoms with E-state index in [0.717, 1.165) is 15.6 Å². The first-order valence-electron chi connectivity index (χ1n) is 8.80. The topological polar surface area (TPSA) is 57.7 Å². The van der Waals surface area contributed by atoms with Gasteiger partial charge in [0.2, 0.25) is 10.0 Å². The quantitative estimate of drug-likeness (QED) is 0.677. The van der Waals surface area contributed by atoms with E-state index in [1.807, 2.05) is 49.4 Å². The predicted molar refractivity (Wildman–Crippen MR) is 108 cm³/mol. The lowest BCUT2D eigenvalue weighted by Gasteiger charge is -2.33. The van der Waals surface area contributed by atoms with E-state index in [4.69, 9.17) is 0 Å². The van der Waals surface area contributed by atoms with Gasteiger partial charge in [0.15, 0.2) is 0 Å². The van der Waals surface area contributed by atoms with E-state index in [0.29, 0.717) is 36.0 Å². The molecule has 1 fully saturated rings. The van der Waals surface area contributed by atoms with E-state index < -0.39 is 10.0 Å². The lowest BCUT2D eigenvalue weighted by molar-refractivity contribution is 0.0703. The molecule has 2 aromatic carbocycles. The zero-order valence-corrected chi connectivity index (χ0v) is 16.6. The summed E-state index contributed by atoms with van der Waals surface area (Å²) >= 11 is 1.47. The van der Waals surface area contributed by atoms with Crippen molar-refractivity contribution in [3.63, 3.8) is 0 Å². The van der Waals surface area contributed by atoms with Crippen molar-refractivity contribution in [1.82, 2.24) is 9.21 Å².